The van der Waals surface area contributed by atoms with Gasteiger partial charge in [-0.3, -0.25) is 4.79 Å². The van der Waals surface area contributed by atoms with Crippen molar-refractivity contribution in [3.63, 3.8) is 0 Å². The van der Waals surface area contributed by atoms with Gasteiger partial charge in [0.25, 0.3) is 0 Å². The number of carbonyl (C=O) groups excluding carboxylic acids is 1. The minimum absolute atomic E-state index is 0.410. The molecular weight excluding hydrogens is 206 g/mol. The molecular formula is C12H11NOS. The molecule has 0 aliphatic rings. The number of rotatable bonds is 2. The van der Waals surface area contributed by atoms with Crippen LogP contribution in [0.3, 0.4) is 0 Å². The molecule has 0 aliphatic heterocycles. The zero-order chi connectivity index (χ0) is 10.8. The van der Waals surface area contributed by atoms with Crippen LogP contribution in [0.15, 0.2) is 30.3 Å². The van der Waals surface area contributed by atoms with Gasteiger partial charge in [0, 0.05) is 15.7 Å². The van der Waals surface area contributed by atoms with E-state index in [1.54, 1.807) is 17.4 Å². The first-order valence-corrected chi connectivity index (χ1v) is 5.46. The van der Waals surface area contributed by atoms with Crippen LogP contribution in [0.25, 0.3) is 16.2 Å². The summed E-state index contributed by atoms with van der Waals surface area (Å²) in [6.45, 7) is 2.06. The summed E-state index contributed by atoms with van der Waals surface area (Å²) < 4.78 is 1.24. The molecule has 76 valence electrons. The van der Waals surface area contributed by atoms with Crippen molar-refractivity contribution in [1.29, 1.82) is 0 Å². The van der Waals surface area contributed by atoms with Crippen molar-refractivity contribution >= 4 is 33.4 Å². The minimum atomic E-state index is -0.410. The van der Waals surface area contributed by atoms with Crippen LogP contribution >= 0.6 is 11.3 Å². The van der Waals surface area contributed by atoms with E-state index < -0.39 is 5.91 Å². The van der Waals surface area contributed by atoms with E-state index in [-0.39, 0.29) is 0 Å². The molecule has 0 aliphatic carbocycles. The summed E-state index contributed by atoms with van der Waals surface area (Å²) in [7, 11) is 0. The van der Waals surface area contributed by atoms with Gasteiger partial charge in [-0.2, -0.15) is 0 Å². The molecule has 1 aromatic heterocycles. The molecule has 0 atom stereocenters. The maximum atomic E-state index is 10.6. The van der Waals surface area contributed by atoms with Gasteiger partial charge in [0.1, 0.15) is 0 Å². The summed E-state index contributed by atoms with van der Waals surface area (Å²) in [4.78, 5) is 11.7. The zero-order valence-corrected chi connectivity index (χ0v) is 9.17. The lowest BCUT2D eigenvalue weighted by atomic mass is 10.1. The van der Waals surface area contributed by atoms with E-state index in [1.807, 2.05) is 12.1 Å². The van der Waals surface area contributed by atoms with Gasteiger partial charge in [-0.25, -0.2) is 0 Å². The van der Waals surface area contributed by atoms with Crippen molar-refractivity contribution in [1.82, 2.24) is 0 Å². The second-order valence-electron chi connectivity index (χ2n) is 3.32. The average molecular weight is 217 g/mol. The average Bonchev–Trinajstić information content (AvgIpc) is 2.54. The van der Waals surface area contributed by atoms with Gasteiger partial charge in [0.2, 0.25) is 5.91 Å². The lowest BCUT2D eigenvalue weighted by Gasteiger charge is -1.90. The highest BCUT2D eigenvalue weighted by molar-refractivity contribution is 7.20. The van der Waals surface area contributed by atoms with Gasteiger partial charge in [-0.05, 0) is 30.0 Å². The summed E-state index contributed by atoms with van der Waals surface area (Å²) >= 11 is 1.67. The fraction of sp³-hybridized carbons (Fsp3) is 0.0833. The standard InChI is InChI=1S/C12H11NOS/c1-8-9-4-2-3-5-11(9)15-10(8)6-7-12(13)14/h2-7H,1H3,(H2,13,14)/b7-6+. The van der Waals surface area contributed by atoms with Crippen LogP contribution in [0.5, 0.6) is 0 Å². The number of nitrogens with two attached hydrogens (primary N) is 1. The lowest BCUT2D eigenvalue weighted by Crippen LogP contribution is -2.04. The van der Waals surface area contributed by atoms with E-state index in [0.29, 0.717) is 0 Å². The maximum absolute atomic E-state index is 10.6. The molecule has 2 N–H and O–H groups in total. The molecule has 15 heavy (non-hydrogen) atoms. The Kier molecular flexibility index (Phi) is 2.56. The number of amides is 1. The van der Waals surface area contributed by atoms with Gasteiger partial charge in [-0.15, -0.1) is 11.3 Å². The molecule has 0 spiro atoms. The van der Waals surface area contributed by atoms with Crippen LogP contribution in [-0.2, 0) is 4.79 Å². The van der Waals surface area contributed by atoms with E-state index in [0.717, 1.165) is 4.88 Å². The lowest BCUT2D eigenvalue weighted by molar-refractivity contribution is -0.113. The monoisotopic (exact) mass is 217 g/mol. The van der Waals surface area contributed by atoms with Gasteiger partial charge in [0.05, 0.1) is 0 Å². The summed E-state index contributed by atoms with van der Waals surface area (Å²) in [6.07, 6.45) is 3.18. The minimum Gasteiger partial charge on any atom is -0.366 e. The smallest absolute Gasteiger partial charge is 0.241 e. The highest BCUT2D eigenvalue weighted by atomic mass is 32.1. The molecule has 1 amide bonds. The Morgan fingerprint density at radius 1 is 1.40 bits per heavy atom. The normalized spacial score (nSPS) is 11.3. The Labute approximate surface area is 92.0 Å². The second-order valence-corrected chi connectivity index (χ2v) is 4.41. The Bertz CT molecular complexity index is 540. The molecule has 0 radical (unpaired) electrons. The van der Waals surface area contributed by atoms with E-state index in [2.05, 4.69) is 19.1 Å². The molecule has 2 rings (SSSR count). The third kappa shape index (κ3) is 1.92. The number of fused-ring (bicyclic) bond motifs is 1. The topological polar surface area (TPSA) is 43.1 Å². The molecule has 0 bridgehead atoms. The van der Waals surface area contributed by atoms with Crippen molar-refractivity contribution in [3.8, 4) is 0 Å². The zero-order valence-electron chi connectivity index (χ0n) is 8.36. The van der Waals surface area contributed by atoms with E-state index in [1.165, 1.54) is 21.7 Å². The first-order chi connectivity index (χ1) is 7.18. The van der Waals surface area contributed by atoms with E-state index in [4.69, 9.17) is 5.73 Å². The first-order valence-electron chi connectivity index (χ1n) is 4.64. The van der Waals surface area contributed by atoms with Crippen molar-refractivity contribution in [3.05, 3.63) is 40.8 Å². The Balaban J connectivity index is 2.53. The fourth-order valence-corrected chi connectivity index (χ4v) is 2.62. The number of hydrogen-bond donors (Lipinski definition) is 1. The van der Waals surface area contributed by atoms with Crippen LogP contribution in [0.4, 0.5) is 0 Å². The van der Waals surface area contributed by atoms with Crippen molar-refractivity contribution in [2.75, 3.05) is 0 Å². The number of benzene rings is 1. The molecule has 0 saturated carbocycles. The summed E-state index contributed by atoms with van der Waals surface area (Å²) in [5.41, 5.74) is 6.27. The molecule has 3 heteroatoms. The predicted octanol–water partition coefficient (Wildman–Crippen LogP) is 2.71. The Hall–Kier alpha value is -1.61. The third-order valence-corrected chi connectivity index (χ3v) is 3.52. The van der Waals surface area contributed by atoms with Crippen molar-refractivity contribution in [2.45, 2.75) is 6.92 Å². The number of thiophene rings is 1. The van der Waals surface area contributed by atoms with Gasteiger partial charge >= 0.3 is 0 Å². The number of carbonyl (C=O) groups is 1. The summed E-state index contributed by atoms with van der Waals surface area (Å²) in [5, 5.41) is 1.24. The predicted molar refractivity (Wildman–Crippen MR) is 64.8 cm³/mol. The fourth-order valence-electron chi connectivity index (χ4n) is 1.51. The highest BCUT2D eigenvalue weighted by Crippen LogP contribution is 2.31. The number of primary amides is 1. The van der Waals surface area contributed by atoms with Gasteiger partial charge in [-0.1, -0.05) is 18.2 Å². The molecule has 2 aromatic rings. The molecule has 0 fully saturated rings. The number of hydrogen-bond acceptors (Lipinski definition) is 2. The Morgan fingerprint density at radius 3 is 2.80 bits per heavy atom. The van der Waals surface area contributed by atoms with Crippen LogP contribution in [0, 0.1) is 6.92 Å². The van der Waals surface area contributed by atoms with Crippen LogP contribution in [0.2, 0.25) is 0 Å². The summed E-state index contributed by atoms with van der Waals surface area (Å²) in [5.74, 6) is -0.410. The molecule has 0 saturated heterocycles. The number of aryl methyl sites for hydroxylation is 1. The van der Waals surface area contributed by atoms with Crippen molar-refractivity contribution < 1.29 is 4.79 Å². The second kappa shape index (κ2) is 3.87. The van der Waals surface area contributed by atoms with Crippen LogP contribution < -0.4 is 5.73 Å². The maximum Gasteiger partial charge on any atom is 0.241 e. The van der Waals surface area contributed by atoms with Crippen LogP contribution in [0.1, 0.15) is 10.4 Å². The molecule has 1 aromatic carbocycles. The molecule has 0 unspecified atom stereocenters. The molecule has 1 heterocycles. The SMILES string of the molecule is Cc1c(/C=C/C(N)=O)sc2ccccc12. The van der Waals surface area contributed by atoms with Crippen molar-refractivity contribution in [2.24, 2.45) is 5.73 Å². The van der Waals surface area contributed by atoms with Gasteiger partial charge in [0.15, 0.2) is 0 Å². The quantitative estimate of drug-likeness (QED) is 0.772. The van der Waals surface area contributed by atoms with Gasteiger partial charge < -0.3 is 5.73 Å². The van der Waals surface area contributed by atoms with E-state index in [9.17, 15) is 4.79 Å². The Morgan fingerprint density at radius 2 is 2.13 bits per heavy atom. The van der Waals surface area contributed by atoms with Crippen LogP contribution in [-0.4, -0.2) is 5.91 Å². The first kappa shape index (κ1) is 9.93. The largest absolute Gasteiger partial charge is 0.366 e. The summed E-state index contributed by atoms with van der Waals surface area (Å²) in [6, 6.07) is 8.20. The molecule has 2 nitrogen and oxygen atoms in total. The highest BCUT2D eigenvalue weighted by Gasteiger charge is 2.04. The third-order valence-electron chi connectivity index (χ3n) is 2.28. The van der Waals surface area contributed by atoms with E-state index >= 15 is 0 Å².